The van der Waals surface area contributed by atoms with E-state index in [9.17, 15) is 4.79 Å². The Labute approximate surface area is 121 Å². The van der Waals surface area contributed by atoms with E-state index < -0.39 is 0 Å². The zero-order valence-electron chi connectivity index (χ0n) is 12.7. The molecule has 1 aromatic rings. The molecule has 4 nitrogen and oxygen atoms in total. The average molecular weight is 276 g/mol. The quantitative estimate of drug-likeness (QED) is 0.791. The van der Waals surface area contributed by atoms with Crippen LogP contribution in [0.25, 0.3) is 0 Å². The fourth-order valence-electron chi connectivity index (χ4n) is 2.83. The number of carbonyl (C=O) groups is 1. The molecule has 0 aliphatic carbocycles. The van der Waals surface area contributed by atoms with Crippen molar-refractivity contribution in [2.24, 2.45) is 0 Å². The molecule has 1 fully saturated rings. The molecule has 1 aromatic heterocycles. The van der Waals surface area contributed by atoms with Gasteiger partial charge in [0.25, 0.3) is 0 Å². The Balaban J connectivity index is 2.28. The van der Waals surface area contributed by atoms with Gasteiger partial charge in [0.2, 0.25) is 0 Å². The van der Waals surface area contributed by atoms with Crippen LogP contribution in [0.1, 0.15) is 55.6 Å². The number of ether oxygens (including phenoxy) is 1. The molecule has 0 saturated carbocycles. The predicted octanol–water partition coefficient (Wildman–Crippen LogP) is 3.34. The summed E-state index contributed by atoms with van der Waals surface area (Å²) in [7, 11) is 0. The van der Waals surface area contributed by atoms with Gasteiger partial charge in [-0.15, -0.1) is 0 Å². The van der Waals surface area contributed by atoms with E-state index >= 15 is 0 Å². The van der Waals surface area contributed by atoms with Crippen LogP contribution >= 0.6 is 0 Å². The summed E-state index contributed by atoms with van der Waals surface area (Å²) in [5, 5.41) is 0. The first-order valence-corrected chi connectivity index (χ1v) is 7.58. The van der Waals surface area contributed by atoms with Crippen LogP contribution in [0.3, 0.4) is 0 Å². The molecule has 0 bridgehead atoms. The van der Waals surface area contributed by atoms with Crippen LogP contribution in [0, 0.1) is 6.92 Å². The number of rotatable bonds is 4. The highest BCUT2D eigenvalue weighted by Crippen LogP contribution is 2.26. The second-order valence-electron chi connectivity index (χ2n) is 5.36. The number of aromatic nitrogens is 1. The largest absolute Gasteiger partial charge is 0.461 e. The van der Waals surface area contributed by atoms with Crippen LogP contribution in [-0.2, 0) is 4.74 Å². The first-order chi connectivity index (χ1) is 9.65. The molecular formula is C16H24N2O2. The summed E-state index contributed by atoms with van der Waals surface area (Å²) in [6.07, 6.45) is 4.80. The van der Waals surface area contributed by atoms with E-state index in [1.807, 2.05) is 13.8 Å². The molecule has 1 aliphatic rings. The van der Waals surface area contributed by atoms with Gasteiger partial charge < -0.3 is 9.64 Å². The minimum Gasteiger partial charge on any atom is -0.461 e. The van der Waals surface area contributed by atoms with Gasteiger partial charge in [0.05, 0.1) is 6.61 Å². The van der Waals surface area contributed by atoms with Crippen molar-refractivity contribution in [3.05, 3.63) is 23.4 Å². The number of nitrogens with zero attached hydrogens (tertiary/aromatic N) is 2. The summed E-state index contributed by atoms with van der Waals surface area (Å²) in [4.78, 5) is 18.8. The highest BCUT2D eigenvalue weighted by atomic mass is 16.5. The minimum absolute atomic E-state index is 0.331. The van der Waals surface area contributed by atoms with Crippen molar-refractivity contribution >= 4 is 11.8 Å². The minimum atomic E-state index is -0.331. The summed E-state index contributed by atoms with van der Waals surface area (Å²) in [6.45, 7) is 7.43. The van der Waals surface area contributed by atoms with Gasteiger partial charge in [0.1, 0.15) is 5.82 Å². The summed E-state index contributed by atoms with van der Waals surface area (Å²) < 4.78 is 5.06. The topological polar surface area (TPSA) is 42.4 Å². The van der Waals surface area contributed by atoms with Crippen LogP contribution < -0.4 is 4.90 Å². The lowest BCUT2D eigenvalue weighted by Crippen LogP contribution is -2.39. The van der Waals surface area contributed by atoms with Crippen molar-refractivity contribution in [2.45, 2.75) is 52.5 Å². The first kappa shape index (κ1) is 14.8. The molecule has 0 N–H and O–H groups in total. The van der Waals surface area contributed by atoms with Crippen molar-refractivity contribution in [1.82, 2.24) is 4.98 Å². The van der Waals surface area contributed by atoms with Gasteiger partial charge in [-0.05, 0) is 57.2 Å². The lowest BCUT2D eigenvalue weighted by Gasteiger charge is -2.36. The summed E-state index contributed by atoms with van der Waals surface area (Å²) in [5.41, 5.74) is 1.47. The molecule has 1 saturated heterocycles. The van der Waals surface area contributed by atoms with E-state index in [0.29, 0.717) is 18.3 Å². The Morgan fingerprint density at radius 1 is 1.40 bits per heavy atom. The Morgan fingerprint density at radius 3 is 2.90 bits per heavy atom. The molecule has 0 aromatic carbocycles. The van der Waals surface area contributed by atoms with Gasteiger partial charge in [-0.2, -0.15) is 0 Å². The number of aryl methyl sites for hydroxylation is 1. The van der Waals surface area contributed by atoms with Gasteiger partial charge in [-0.25, -0.2) is 9.78 Å². The lowest BCUT2D eigenvalue weighted by atomic mass is 10.00. The van der Waals surface area contributed by atoms with Crippen LogP contribution in [0.2, 0.25) is 0 Å². The number of anilines is 1. The maximum atomic E-state index is 11.9. The van der Waals surface area contributed by atoms with E-state index in [2.05, 4.69) is 22.9 Å². The third-order valence-corrected chi connectivity index (χ3v) is 3.83. The van der Waals surface area contributed by atoms with Crippen molar-refractivity contribution < 1.29 is 9.53 Å². The summed E-state index contributed by atoms with van der Waals surface area (Å²) in [5.74, 6) is 0.585. The fraction of sp³-hybridized carbons (Fsp3) is 0.625. The molecule has 4 heteroatoms. The van der Waals surface area contributed by atoms with Crippen LogP contribution in [-0.4, -0.2) is 30.1 Å². The third-order valence-electron chi connectivity index (χ3n) is 3.83. The molecule has 0 radical (unpaired) electrons. The number of esters is 1. The molecule has 1 atom stereocenters. The molecular weight excluding hydrogens is 252 g/mol. The smallest absolute Gasteiger partial charge is 0.357 e. The Bertz CT molecular complexity index is 474. The van der Waals surface area contributed by atoms with E-state index in [4.69, 9.17) is 4.74 Å². The zero-order chi connectivity index (χ0) is 14.5. The van der Waals surface area contributed by atoms with Crippen molar-refractivity contribution in [2.75, 3.05) is 18.1 Å². The van der Waals surface area contributed by atoms with Crippen LogP contribution in [0.5, 0.6) is 0 Å². The molecule has 2 heterocycles. The second kappa shape index (κ2) is 6.73. The van der Waals surface area contributed by atoms with Crippen molar-refractivity contribution in [3.8, 4) is 0 Å². The fourth-order valence-corrected chi connectivity index (χ4v) is 2.83. The van der Waals surface area contributed by atoms with E-state index in [1.165, 1.54) is 19.3 Å². The van der Waals surface area contributed by atoms with E-state index in [1.54, 1.807) is 6.07 Å². The predicted molar refractivity (Wildman–Crippen MR) is 80.2 cm³/mol. The van der Waals surface area contributed by atoms with Gasteiger partial charge in [-0.3, -0.25) is 0 Å². The summed E-state index contributed by atoms with van der Waals surface area (Å²) in [6, 6.07) is 4.40. The third kappa shape index (κ3) is 3.30. The van der Waals surface area contributed by atoms with Gasteiger partial charge in [-0.1, -0.05) is 6.92 Å². The number of pyridine rings is 1. The standard InChI is InChI=1S/C16H24N2O2/c1-4-13-8-6-7-9-18(13)15-11-12(3)10-14(17-15)16(19)20-5-2/h10-11,13H,4-9H2,1-3H3. The summed E-state index contributed by atoms with van der Waals surface area (Å²) >= 11 is 0. The molecule has 1 unspecified atom stereocenters. The van der Waals surface area contributed by atoms with Gasteiger partial charge in [0.15, 0.2) is 5.69 Å². The Morgan fingerprint density at radius 2 is 2.20 bits per heavy atom. The highest BCUT2D eigenvalue weighted by Gasteiger charge is 2.23. The monoisotopic (exact) mass is 276 g/mol. The zero-order valence-corrected chi connectivity index (χ0v) is 12.7. The number of piperidine rings is 1. The highest BCUT2D eigenvalue weighted by molar-refractivity contribution is 5.88. The van der Waals surface area contributed by atoms with Crippen LogP contribution in [0.15, 0.2) is 12.1 Å². The SMILES string of the molecule is CCOC(=O)c1cc(C)cc(N2CCCCC2CC)n1. The maximum absolute atomic E-state index is 11.9. The average Bonchev–Trinajstić information content (AvgIpc) is 2.46. The van der Waals surface area contributed by atoms with Crippen LogP contribution in [0.4, 0.5) is 5.82 Å². The molecule has 0 spiro atoms. The second-order valence-corrected chi connectivity index (χ2v) is 5.36. The Hall–Kier alpha value is -1.58. The maximum Gasteiger partial charge on any atom is 0.357 e. The normalized spacial score (nSPS) is 18.9. The van der Waals surface area contributed by atoms with Gasteiger partial charge >= 0.3 is 5.97 Å². The van der Waals surface area contributed by atoms with Crippen molar-refractivity contribution in [1.29, 1.82) is 0 Å². The number of carbonyl (C=O) groups excluding carboxylic acids is 1. The molecule has 2 rings (SSSR count). The molecule has 20 heavy (non-hydrogen) atoms. The van der Waals surface area contributed by atoms with E-state index in [0.717, 1.165) is 24.3 Å². The van der Waals surface area contributed by atoms with Gasteiger partial charge in [0, 0.05) is 12.6 Å². The Kier molecular flexibility index (Phi) is 4.99. The number of hydrogen-bond acceptors (Lipinski definition) is 4. The van der Waals surface area contributed by atoms with Crippen molar-refractivity contribution in [3.63, 3.8) is 0 Å². The molecule has 1 aliphatic heterocycles. The molecule has 110 valence electrons. The first-order valence-electron chi connectivity index (χ1n) is 7.58. The van der Waals surface area contributed by atoms with E-state index in [-0.39, 0.29) is 5.97 Å². The molecule has 0 amide bonds. The lowest BCUT2D eigenvalue weighted by molar-refractivity contribution is 0.0519. The number of hydrogen-bond donors (Lipinski definition) is 0.